The Morgan fingerprint density at radius 2 is 1.52 bits per heavy atom. The number of aromatic amines is 1. The number of Topliss-reactive ketones (excluding diaryl/α,β-unsaturated/α-hetero) is 3. The number of hydrogen-bond acceptors (Lipinski definition) is 12. The summed E-state index contributed by atoms with van der Waals surface area (Å²) < 4.78 is 33.5. The van der Waals surface area contributed by atoms with Crippen molar-refractivity contribution in [3.05, 3.63) is 43.0 Å². The van der Waals surface area contributed by atoms with E-state index in [-0.39, 0.29) is 83.8 Å². The van der Waals surface area contributed by atoms with Crippen molar-refractivity contribution in [2.75, 3.05) is 39.4 Å². The fourth-order valence-corrected chi connectivity index (χ4v) is 15.6. The van der Waals surface area contributed by atoms with Crippen molar-refractivity contribution >= 4 is 31.0 Å². The van der Waals surface area contributed by atoms with Gasteiger partial charge in [0.15, 0.2) is 0 Å². The van der Waals surface area contributed by atoms with Gasteiger partial charge in [-0.15, -0.1) is 0 Å². The average Bonchev–Trinajstić information content (AvgIpc) is 4.03. The van der Waals surface area contributed by atoms with Crippen LogP contribution in [0.5, 0.6) is 0 Å². The Labute approximate surface area is 458 Å². The Balaban J connectivity index is 0.876. The van der Waals surface area contributed by atoms with Crippen molar-refractivity contribution in [1.29, 1.82) is 0 Å². The molecule has 0 aromatic carbocycles. The van der Waals surface area contributed by atoms with E-state index >= 15 is 0 Å². The molecule has 434 valence electrons. The molecular formula is C58H97N8O10P. The summed E-state index contributed by atoms with van der Waals surface area (Å²) in [7, 11) is -3.85. The molecule has 18 nitrogen and oxygen atoms in total. The van der Waals surface area contributed by atoms with Crippen molar-refractivity contribution in [3.8, 4) is 0 Å². The molecule has 77 heavy (non-hydrogen) atoms. The van der Waals surface area contributed by atoms with E-state index in [4.69, 9.17) is 13.8 Å². The van der Waals surface area contributed by atoms with Crippen molar-refractivity contribution in [1.82, 2.24) is 25.3 Å². The quantitative estimate of drug-likeness (QED) is 0.0161. The van der Waals surface area contributed by atoms with Crippen molar-refractivity contribution in [2.45, 2.75) is 233 Å². The molecule has 1 aromatic rings. The smallest absolute Gasteiger partial charge is 0.356 e. The van der Waals surface area contributed by atoms with Crippen LogP contribution in [-0.4, -0.2) is 84.3 Å². The Morgan fingerprint density at radius 1 is 0.870 bits per heavy atom. The minimum absolute atomic E-state index is 0.0101. The topological polar surface area (TPSA) is 253 Å². The Morgan fingerprint density at radius 3 is 2.18 bits per heavy atom. The van der Waals surface area contributed by atoms with Gasteiger partial charge < -0.3 is 15.4 Å². The molecule has 5 fully saturated rings. The van der Waals surface area contributed by atoms with Gasteiger partial charge in [-0.3, -0.25) is 42.6 Å². The summed E-state index contributed by atoms with van der Waals surface area (Å²) in [6, 6.07) is -0.726. The van der Waals surface area contributed by atoms with Gasteiger partial charge in [-0.25, -0.2) is 14.4 Å². The number of nitrogens with zero attached hydrogens (tertiary/aromatic N) is 4. The first-order valence-corrected chi connectivity index (χ1v) is 31.8. The Hall–Kier alpha value is -3.50. The predicted octanol–water partition coefficient (Wildman–Crippen LogP) is 11.3. The van der Waals surface area contributed by atoms with Gasteiger partial charge in [0, 0.05) is 79.6 Å². The molecule has 4 N–H and O–H groups in total. The van der Waals surface area contributed by atoms with E-state index < -0.39 is 42.8 Å². The third-order valence-electron chi connectivity index (χ3n) is 18.9. The monoisotopic (exact) mass is 1100 g/mol. The SMILES string of the molecule is CCCCCCCCCCCCCCCCCCOP(=O)(NCCCNCCCNC(=O)CCC(C)[C@H]1CC[C@H]2[C@@H]3C(=O)C[C@@H]4CC(=O)CC[C@]4(C)[C@H]3CC(=O)[C@]12C)OC[C@H]1O[C@@H](n2cc(C)c(=O)[nH]c2=O)C[C@@H]1N=[N+]=[N-]. The molecule has 0 spiro atoms. The number of ether oxygens (including phenoxy) is 1. The Kier molecular flexibility index (Phi) is 25.2. The second kappa shape index (κ2) is 30.9. The van der Waals surface area contributed by atoms with E-state index in [9.17, 15) is 38.9 Å². The average molecular weight is 1100 g/mol. The fourth-order valence-electron chi connectivity index (χ4n) is 14.2. The van der Waals surface area contributed by atoms with Gasteiger partial charge in [-0.05, 0) is 105 Å². The van der Waals surface area contributed by atoms with Crippen LogP contribution in [0.15, 0.2) is 20.9 Å². The first-order chi connectivity index (χ1) is 37.0. The molecule has 6 rings (SSSR count). The van der Waals surface area contributed by atoms with Gasteiger partial charge in [-0.1, -0.05) is 129 Å². The molecule has 4 aliphatic carbocycles. The lowest BCUT2D eigenvalue weighted by Crippen LogP contribution is -2.60. The maximum Gasteiger partial charge on any atom is 0.405 e. The molecule has 1 saturated heterocycles. The molecule has 0 bridgehead atoms. The van der Waals surface area contributed by atoms with Gasteiger partial charge in [0.25, 0.3) is 5.56 Å². The number of fused-ring (bicyclic) bond motifs is 5. The number of H-pyrrole nitrogens is 1. The lowest BCUT2D eigenvalue weighted by molar-refractivity contribution is -0.166. The van der Waals surface area contributed by atoms with Crippen LogP contribution >= 0.6 is 7.75 Å². The summed E-state index contributed by atoms with van der Waals surface area (Å²) in [5.41, 5.74) is 7.79. The number of rotatable bonds is 36. The molecular weight excluding hydrogens is 1000 g/mol. The fraction of sp³-hybridized carbons (Fsp3) is 0.862. The number of nitrogens with one attached hydrogen (secondary N) is 4. The molecule has 1 aromatic heterocycles. The van der Waals surface area contributed by atoms with Crippen molar-refractivity contribution < 1.29 is 37.5 Å². The van der Waals surface area contributed by atoms with Gasteiger partial charge in [0.2, 0.25) is 5.91 Å². The van der Waals surface area contributed by atoms with Gasteiger partial charge in [-0.2, -0.15) is 0 Å². The van der Waals surface area contributed by atoms with Gasteiger partial charge in [0.1, 0.15) is 23.6 Å². The number of carbonyl (C=O) groups is 4. The first-order valence-electron chi connectivity index (χ1n) is 30.3. The lowest BCUT2D eigenvalue weighted by Gasteiger charge is -2.58. The minimum atomic E-state index is -3.85. The summed E-state index contributed by atoms with van der Waals surface area (Å²) in [5, 5.41) is 13.3. The highest BCUT2D eigenvalue weighted by molar-refractivity contribution is 7.51. The number of aromatic nitrogens is 2. The summed E-state index contributed by atoms with van der Waals surface area (Å²) in [5.74, 6) is 1.07. The largest absolute Gasteiger partial charge is 0.405 e. The molecule has 0 radical (unpaired) electrons. The van der Waals surface area contributed by atoms with Crippen molar-refractivity contribution in [2.24, 2.45) is 51.5 Å². The normalized spacial score (nSPS) is 29.1. The third kappa shape index (κ3) is 17.3. The van der Waals surface area contributed by atoms with Crippen LogP contribution in [0.25, 0.3) is 10.4 Å². The summed E-state index contributed by atoms with van der Waals surface area (Å²) >= 11 is 0. The number of aryl methyl sites for hydroxylation is 1. The van der Waals surface area contributed by atoms with E-state index in [1.165, 1.54) is 87.8 Å². The minimum Gasteiger partial charge on any atom is -0.356 e. The van der Waals surface area contributed by atoms with E-state index in [0.717, 1.165) is 51.4 Å². The van der Waals surface area contributed by atoms with E-state index in [1.54, 1.807) is 6.92 Å². The zero-order valence-electron chi connectivity index (χ0n) is 47.6. The zero-order chi connectivity index (χ0) is 55.4. The zero-order valence-corrected chi connectivity index (χ0v) is 48.5. The molecule has 2 heterocycles. The molecule has 4 saturated carbocycles. The summed E-state index contributed by atoms with van der Waals surface area (Å²) in [6.07, 6.45) is 26.5. The molecule has 2 unspecified atom stereocenters. The van der Waals surface area contributed by atoms with Crippen LogP contribution in [0.1, 0.15) is 219 Å². The Bertz CT molecular complexity index is 2300. The first kappa shape index (κ1) is 62.7. The highest BCUT2D eigenvalue weighted by Gasteiger charge is 2.66. The molecule has 19 heteroatoms. The number of carbonyl (C=O) groups excluding carboxylic acids is 4. The van der Waals surface area contributed by atoms with Gasteiger partial charge in [0.05, 0.1) is 25.4 Å². The molecule has 1 amide bonds. The molecule has 1 aliphatic heterocycles. The lowest BCUT2D eigenvalue weighted by atomic mass is 9.44. The highest BCUT2D eigenvalue weighted by Crippen LogP contribution is 2.66. The molecule has 5 aliphatic rings. The number of amides is 1. The summed E-state index contributed by atoms with van der Waals surface area (Å²) in [6.45, 7) is 12.5. The highest BCUT2D eigenvalue weighted by atomic mass is 31.2. The van der Waals surface area contributed by atoms with Crippen LogP contribution in [0, 0.1) is 53.3 Å². The maximum absolute atomic E-state index is 14.2. The second-order valence-electron chi connectivity index (χ2n) is 24.2. The third-order valence-corrected chi connectivity index (χ3v) is 20.6. The molecule has 12 atom stereocenters. The predicted molar refractivity (Wildman–Crippen MR) is 299 cm³/mol. The second-order valence-corrected chi connectivity index (χ2v) is 26.1. The van der Waals surface area contributed by atoms with Crippen molar-refractivity contribution in [3.63, 3.8) is 0 Å². The summed E-state index contributed by atoms with van der Waals surface area (Å²) in [4.78, 5) is 83.3. The standard InChI is InChI=1S/C58H97N8O10P/c1-6-7-8-9-10-11-12-13-14-15-16-17-18-19-20-21-34-74-77(73,75-40-50-48(64-65-59)38-53(76-50)66-39-42(3)55(71)63-56(66)72)62-33-23-31-60-30-22-32-61-52(70)27-24-41(2)45-25-26-46-54-47(37-51(69)58(45,46)5)57(4)29-28-44(67)35-43(57)36-49(54)68/h39,41,43,45-48,50,53-54,60H,6-38,40H2,1-5H3,(H,61,70)(H,62,73)(H,63,71,72)/t41?,43-,45+,46-,47-,48-,50+,53+,54-,57-,58+,77?/m0/s1. The van der Waals surface area contributed by atoms with Crippen LogP contribution in [-0.2, 0) is 37.5 Å². The van der Waals surface area contributed by atoms with Gasteiger partial charge >= 0.3 is 13.4 Å². The van der Waals surface area contributed by atoms with E-state index in [1.807, 2.05) is 0 Å². The van der Waals surface area contributed by atoms with Crippen LogP contribution in [0.2, 0.25) is 0 Å². The van der Waals surface area contributed by atoms with E-state index in [0.29, 0.717) is 76.7 Å². The van der Waals surface area contributed by atoms with Crippen LogP contribution in [0.3, 0.4) is 0 Å². The van der Waals surface area contributed by atoms with E-state index in [2.05, 4.69) is 58.4 Å². The van der Waals surface area contributed by atoms with Crippen LogP contribution in [0.4, 0.5) is 0 Å². The number of hydrogen-bond donors (Lipinski definition) is 4. The number of ketones is 3. The number of unbranched alkanes of at least 4 members (excludes halogenated alkanes) is 15. The maximum atomic E-state index is 14.2. The number of azide groups is 1. The van der Waals surface area contributed by atoms with Crippen LogP contribution < -0.4 is 27.0 Å².